The zero-order valence-corrected chi connectivity index (χ0v) is 12.8. The van der Waals surface area contributed by atoms with Gasteiger partial charge in [-0.05, 0) is 37.1 Å². The standard InChI is InChI=1S/C15H18ClNO4/c1-10(18)20-14-4-3-9-17(15(14)21-11(2)19)13-7-5-12(16)6-8-13/h5-8,14-15H,3-4,9H2,1-2H3/t14-,15-/m0/s1. The summed E-state index contributed by atoms with van der Waals surface area (Å²) in [4.78, 5) is 24.5. The fourth-order valence-electron chi connectivity index (χ4n) is 2.48. The van der Waals surface area contributed by atoms with E-state index in [0.717, 1.165) is 18.7 Å². The second kappa shape index (κ2) is 6.80. The van der Waals surface area contributed by atoms with Crippen molar-refractivity contribution >= 4 is 29.2 Å². The Morgan fingerprint density at radius 1 is 1.14 bits per heavy atom. The maximum absolute atomic E-state index is 11.4. The predicted octanol–water partition coefficient (Wildman–Crippen LogP) is 2.76. The van der Waals surface area contributed by atoms with E-state index in [1.54, 1.807) is 12.1 Å². The fraction of sp³-hybridized carbons (Fsp3) is 0.467. The molecule has 0 amide bonds. The molecule has 1 fully saturated rings. The Hall–Kier alpha value is -1.75. The molecule has 1 heterocycles. The molecule has 21 heavy (non-hydrogen) atoms. The maximum atomic E-state index is 11.4. The van der Waals surface area contributed by atoms with Gasteiger partial charge in [-0.15, -0.1) is 0 Å². The van der Waals surface area contributed by atoms with Crippen molar-refractivity contribution in [3.63, 3.8) is 0 Å². The normalized spacial score (nSPS) is 21.8. The molecular formula is C15H18ClNO4. The Morgan fingerprint density at radius 2 is 1.76 bits per heavy atom. The first-order chi connectivity index (χ1) is 9.97. The highest BCUT2D eigenvalue weighted by atomic mass is 35.5. The monoisotopic (exact) mass is 311 g/mol. The Bertz CT molecular complexity index is 517. The van der Waals surface area contributed by atoms with Crippen LogP contribution >= 0.6 is 11.6 Å². The molecule has 0 saturated carbocycles. The predicted molar refractivity (Wildman–Crippen MR) is 79.1 cm³/mol. The minimum atomic E-state index is -0.610. The third-order valence-electron chi connectivity index (χ3n) is 3.28. The van der Waals surface area contributed by atoms with E-state index in [-0.39, 0.29) is 5.97 Å². The molecule has 1 aliphatic heterocycles. The van der Waals surface area contributed by atoms with Crippen LogP contribution in [-0.4, -0.2) is 30.8 Å². The smallest absolute Gasteiger partial charge is 0.304 e. The van der Waals surface area contributed by atoms with E-state index in [9.17, 15) is 9.59 Å². The number of hydrogen-bond acceptors (Lipinski definition) is 5. The van der Waals surface area contributed by atoms with Crippen molar-refractivity contribution in [3.8, 4) is 0 Å². The summed E-state index contributed by atoms with van der Waals surface area (Å²) >= 11 is 5.90. The van der Waals surface area contributed by atoms with Crippen molar-refractivity contribution in [2.45, 2.75) is 39.0 Å². The quantitative estimate of drug-likeness (QED) is 0.803. The van der Waals surface area contributed by atoms with Gasteiger partial charge in [0.05, 0.1) is 0 Å². The number of rotatable bonds is 3. The topological polar surface area (TPSA) is 55.8 Å². The number of carbonyl (C=O) groups is 2. The second-order valence-electron chi connectivity index (χ2n) is 4.96. The summed E-state index contributed by atoms with van der Waals surface area (Å²) in [5, 5.41) is 0.635. The van der Waals surface area contributed by atoms with Crippen LogP contribution in [-0.2, 0) is 19.1 Å². The van der Waals surface area contributed by atoms with Gasteiger partial charge in [0, 0.05) is 31.1 Å². The van der Waals surface area contributed by atoms with Crippen LogP contribution < -0.4 is 4.90 Å². The molecule has 2 atom stereocenters. The number of halogens is 1. The van der Waals surface area contributed by atoms with E-state index in [1.165, 1.54) is 13.8 Å². The van der Waals surface area contributed by atoms with Crippen LogP contribution in [0.15, 0.2) is 24.3 Å². The molecule has 1 aromatic rings. The van der Waals surface area contributed by atoms with Crippen LogP contribution in [0.25, 0.3) is 0 Å². The number of anilines is 1. The fourth-order valence-corrected chi connectivity index (χ4v) is 2.61. The first-order valence-electron chi connectivity index (χ1n) is 6.84. The van der Waals surface area contributed by atoms with Crippen LogP contribution in [0.1, 0.15) is 26.7 Å². The van der Waals surface area contributed by atoms with Gasteiger partial charge in [0.2, 0.25) is 6.23 Å². The number of hydrogen-bond donors (Lipinski definition) is 0. The molecular weight excluding hydrogens is 294 g/mol. The number of ether oxygens (including phenoxy) is 2. The minimum absolute atomic E-state index is 0.380. The second-order valence-corrected chi connectivity index (χ2v) is 5.40. The molecule has 0 spiro atoms. The van der Waals surface area contributed by atoms with E-state index >= 15 is 0 Å². The van der Waals surface area contributed by atoms with Gasteiger partial charge in [-0.1, -0.05) is 11.6 Å². The van der Waals surface area contributed by atoms with E-state index in [2.05, 4.69) is 0 Å². The maximum Gasteiger partial charge on any atom is 0.304 e. The molecule has 0 N–H and O–H groups in total. The Kier molecular flexibility index (Phi) is 5.07. The first-order valence-corrected chi connectivity index (χ1v) is 7.22. The highest BCUT2D eigenvalue weighted by molar-refractivity contribution is 6.30. The van der Waals surface area contributed by atoms with Gasteiger partial charge in [0.15, 0.2) is 6.10 Å². The molecule has 1 aromatic carbocycles. The van der Waals surface area contributed by atoms with Crippen molar-refractivity contribution in [2.75, 3.05) is 11.4 Å². The van der Waals surface area contributed by atoms with Crippen LogP contribution in [0.5, 0.6) is 0 Å². The average molecular weight is 312 g/mol. The summed E-state index contributed by atoms with van der Waals surface area (Å²) < 4.78 is 10.7. The Balaban J connectivity index is 2.25. The lowest BCUT2D eigenvalue weighted by Gasteiger charge is -2.40. The summed E-state index contributed by atoms with van der Waals surface area (Å²) in [6.45, 7) is 3.42. The third-order valence-corrected chi connectivity index (χ3v) is 3.53. The number of nitrogens with zero attached hydrogens (tertiary/aromatic N) is 1. The molecule has 0 aliphatic carbocycles. The van der Waals surface area contributed by atoms with Gasteiger partial charge in [0.25, 0.3) is 0 Å². The van der Waals surface area contributed by atoms with Crippen molar-refractivity contribution in [1.82, 2.24) is 0 Å². The molecule has 2 rings (SSSR count). The van der Waals surface area contributed by atoms with Gasteiger partial charge in [0.1, 0.15) is 0 Å². The van der Waals surface area contributed by atoms with E-state index in [4.69, 9.17) is 21.1 Å². The van der Waals surface area contributed by atoms with Crippen molar-refractivity contribution in [3.05, 3.63) is 29.3 Å². The summed E-state index contributed by atoms with van der Waals surface area (Å²) in [6.07, 6.45) is 0.442. The zero-order valence-electron chi connectivity index (χ0n) is 12.0. The van der Waals surface area contributed by atoms with Crippen LogP contribution in [0.3, 0.4) is 0 Å². The molecule has 5 nitrogen and oxygen atoms in total. The van der Waals surface area contributed by atoms with Crippen LogP contribution in [0, 0.1) is 0 Å². The number of esters is 2. The molecule has 6 heteroatoms. The van der Waals surface area contributed by atoms with Crippen molar-refractivity contribution in [2.24, 2.45) is 0 Å². The highest BCUT2D eigenvalue weighted by Crippen LogP contribution is 2.28. The first kappa shape index (κ1) is 15.6. The molecule has 0 radical (unpaired) electrons. The van der Waals surface area contributed by atoms with E-state index < -0.39 is 18.3 Å². The SMILES string of the molecule is CC(=O)O[C@H]1CCCN(c2ccc(Cl)cc2)[C@H]1OC(C)=O. The van der Waals surface area contributed by atoms with Crippen molar-refractivity contribution < 1.29 is 19.1 Å². The largest absolute Gasteiger partial charge is 0.456 e. The Morgan fingerprint density at radius 3 is 2.33 bits per heavy atom. The minimum Gasteiger partial charge on any atom is -0.456 e. The number of carbonyl (C=O) groups excluding carboxylic acids is 2. The molecule has 0 bridgehead atoms. The van der Waals surface area contributed by atoms with Gasteiger partial charge < -0.3 is 14.4 Å². The third kappa shape index (κ3) is 4.11. The van der Waals surface area contributed by atoms with Gasteiger partial charge in [-0.25, -0.2) is 0 Å². The van der Waals surface area contributed by atoms with E-state index in [0.29, 0.717) is 11.4 Å². The average Bonchev–Trinajstić information content (AvgIpc) is 2.41. The lowest BCUT2D eigenvalue weighted by atomic mass is 10.0. The zero-order chi connectivity index (χ0) is 15.4. The van der Waals surface area contributed by atoms with Crippen LogP contribution in [0.4, 0.5) is 5.69 Å². The summed E-state index contributed by atoms with van der Waals surface area (Å²) in [5.41, 5.74) is 0.877. The van der Waals surface area contributed by atoms with Crippen LogP contribution in [0.2, 0.25) is 5.02 Å². The molecule has 1 saturated heterocycles. The molecule has 1 aliphatic rings. The van der Waals surface area contributed by atoms with Crippen molar-refractivity contribution in [1.29, 1.82) is 0 Å². The van der Waals surface area contributed by atoms with Gasteiger partial charge in [-0.3, -0.25) is 9.59 Å². The lowest BCUT2D eigenvalue weighted by molar-refractivity contribution is -0.167. The highest BCUT2D eigenvalue weighted by Gasteiger charge is 2.36. The van der Waals surface area contributed by atoms with Gasteiger partial charge in [-0.2, -0.15) is 0 Å². The number of piperidine rings is 1. The molecule has 0 unspecified atom stereocenters. The van der Waals surface area contributed by atoms with Gasteiger partial charge >= 0.3 is 11.9 Å². The Labute approximate surface area is 128 Å². The molecule has 0 aromatic heterocycles. The summed E-state index contributed by atoms with van der Waals surface area (Å²) in [7, 11) is 0. The summed E-state index contributed by atoms with van der Waals surface area (Å²) in [6, 6.07) is 7.26. The summed E-state index contributed by atoms with van der Waals surface area (Å²) in [5.74, 6) is -0.784. The lowest BCUT2D eigenvalue weighted by Crippen LogP contribution is -2.52. The number of benzene rings is 1. The molecule has 114 valence electrons. The van der Waals surface area contributed by atoms with E-state index in [1.807, 2.05) is 17.0 Å².